The van der Waals surface area contributed by atoms with Gasteiger partial charge >= 0.3 is 5.97 Å². The molecule has 6 heteroatoms. The van der Waals surface area contributed by atoms with Crippen LogP contribution in [0, 0.1) is 0 Å². The Balaban J connectivity index is 4.59. The SMILES string of the molecule is CC/C=C/C/C=C/C/C=C/C/C=C/CCCCCC(=O)OC(CCCCCCCCCCCCCCCC)CC(=O)NC(CO)C(O)CCCCCCCCCCCCCCCC. The lowest BCUT2D eigenvalue weighted by atomic mass is 10.0. The fourth-order valence-corrected chi connectivity index (χ4v) is 8.31. The van der Waals surface area contributed by atoms with E-state index >= 15 is 0 Å². The largest absolute Gasteiger partial charge is 0.462 e. The minimum atomic E-state index is -0.792. The number of unbranched alkanes of at least 4 members (excludes halogenated alkanes) is 29. The fourth-order valence-electron chi connectivity index (χ4n) is 8.31. The zero-order valence-corrected chi connectivity index (χ0v) is 42.0. The van der Waals surface area contributed by atoms with E-state index in [0.29, 0.717) is 19.3 Å². The highest BCUT2D eigenvalue weighted by Gasteiger charge is 2.24. The molecule has 0 saturated heterocycles. The zero-order chi connectivity index (χ0) is 45.9. The van der Waals surface area contributed by atoms with Crippen molar-refractivity contribution in [2.24, 2.45) is 0 Å². The smallest absolute Gasteiger partial charge is 0.306 e. The molecule has 0 aliphatic rings. The van der Waals surface area contributed by atoms with Gasteiger partial charge in [-0.2, -0.15) is 0 Å². The van der Waals surface area contributed by atoms with Crippen LogP contribution in [0.5, 0.6) is 0 Å². The second-order valence-electron chi connectivity index (χ2n) is 18.6. The molecule has 0 spiro atoms. The number of rotatable bonds is 49. The summed E-state index contributed by atoms with van der Waals surface area (Å²) in [7, 11) is 0. The molecular formula is C57H105NO5. The van der Waals surface area contributed by atoms with Gasteiger partial charge in [0, 0.05) is 6.42 Å². The third-order valence-corrected chi connectivity index (χ3v) is 12.4. The molecule has 0 aromatic rings. The van der Waals surface area contributed by atoms with Crippen LogP contribution in [-0.2, 0) is 14.3 Å². The van der Waals surface area contributed by atoms with Gasteiger partial charge in [-0.1, -0.05) is 249 Å². The van der Waals surface area contributed by atoms with Crippen molar-refractivity contribution in [1.29, 1.82) is 0 Å². The number of hydrogen-bond acceptors (Lipinski definition) is 5. The van der Waals surface area contributed by atoms with Crippen LogP contribution in [0.1, 0.15) is 278 Å². The Hall–Kier alpha value is -2.18. The van der Waals surface area contributed by atoms with E-state index in [1.54, 1.807) is 0 Å². The Kier molecular flexibility index (Phi) is 49.1. The van der Waals surface area contributed by atoms with E-state index in [2.05, 4.69) is 74.7 Å². The summed E-state index contributed by atoms with van der Waals surface area (Å²) in [5.41, 5.74) is 0. The highest BCUT2D eigenvalue weighted by molar-refractivity contribution is 5.77. The van der Waals surface area contributed by atoms with Crippen molar-refractivity contribution in [1.82, 2.24) is 5.32 Å². The number of nitrogens with one attached hydrogen (secondary N) is 1. The molecule has 0 radical (unpaired) electrons. The van der Waals surface area contributed by atoms with Gasteiger partial charge < -0.3 is 20.3 Å². The summed E-state index contributed by atoms with van der Waals surface area (Å²) in [6, 6.07) is -0.706. The minimum absolute atomic E-state index is 0.0676. The van der Waals surface area contributed by atoms with Gasteiger partial charge in [-0.25, -0.2) is 0 Å². The monoisotopic (exact) mass is 884 g/mol. The summed E-state index contributed by atoms with van der Waals surface area (Å²) in [5, 5.41) is 23.8. The molecule has 0 aromatic heterocycles. The Morgan fingerprint density at radius 1 is 0.476 bits per heavy atom. The first-order valence-corrected chi connectivity index (χ1v) is 27.4. The maximum absolute atomic E-state index is 13.2. The van der Waals surface area contributed by atoms with Crippen molar-refractivity contribution in [3.8, 4) is 0 Å². The average molecular weight is 884 g/mol. The van der Waals surface area contributed by atoms with Gasteiger partial charge in [0.25, 0.3) is 0 Å². The van der Waals surface area contributed by atoms with Crippen LogP contribution in [0.25, 0.3) is 0 Å². The number of aliphatic hydroxyl groups is 2. The highest BCUT2D eigenvalue weighted by atomic mass is 16.5. The van der Waals surface area contributed by atoms with Crippen molar-refractivity contribution >= 4 is 11.9 Å². The van der Waals surface area contributed by atoms with Crippen LogP contribution < -0.4 is 5.32 Å². The molecule has 0 bridgehead atoms. The summed E-state index contributed by atoms with van der Waals surface area (Å²) in [6.07, 6.45) is 61.7. The summed E-state index contributed by atoms with van der Waals surface area (Å²) < 4.78 is 5.94. The van der Waals surface area contributed by atoms with Crippen molar-refractivity contribution in [3.63, 3.8) is 0 Å². The van der Waals surface area contributed by atoms with Crippen LogP contribution in [0.15, 0.2) is 48.6 Å². The summed E-state index contributed by atoms with van der Waals surface area (Å²) in [4.78, 5) is 26.2. The summed E-state index contributed by atoms with van der Waals surface area (Å²) in [5.74, 6) is -0.499. The van der Waals surface area contributed by atoms with E-state index in [4.69, 9.17) is 4.74 Å². The number of esters is 1. The van der Waals surface area contributed by atoms with Crippen LogP contribution >= 0.6 is 0 Å². The van der Waals surface area contributed by atoms with Gasteiger partial charge in [0.1, 0.15) is 6.10 Å². The Morgan fingerprint density at radius 3 is 1.29 bits per heavy atom. The molecule has 63 heavy (non-hydrogen) atoms. The number of carbonyl (C=O) groups is 2. The van der Waals surface area contributed by atoms with E-state index < -0.39 is 18.2 Å². The first-order chi connectivity index (χ1) is 31.0. The topological polar surface area (TPSA) is 95.9 Å². The van der Waals surface area contributed by atoms with Crippen molar-refractivity contribution in [3.05, 3.63) is 48.6 Å². The maximum atomic E-state index is 13.2. The summed E-state index contributed by atoms with van der Waals surface area (Å²) >= 11 is 0. The maximum Gasteiger partial charge on any atom is 0.306 e. The van der Waals surface area contributed by atoms with Crippen LogP contribution in [0.2, 0.25) is 0 Å². The average Bonchev–Trinajstić information content (AvgIpc) is 3.28. The van der Waals surface area contributed by atoms with Gasteiger partial charge in [0.2, 0.25) is 5.91 Å². The van der Waals surface area contributed by atoms with Gasteiger partial charge in [-0.3, -0.25) is 9.59 Å². The zero-order valence-electron chi connectivity index (χ0n) is 42.0. The van der Waals surface area contributed by atoms with Gasteiger partial charge in [-0.05, 0) is 64.2 Å². The molecule has 0 aromatic carbocycles. The molecule has 368 valence electrons. The van der Waals surface area contributed by atoms with E-state index in [1.807, 2.05) is 0 Å². The predicted octanol–water partition coefficient (Wildman–Crippen LogP) is 16.6. The van der Waals surface area contributed by atoms with E-state index in [1.165, 1.54) is 148 Å². The molecule has 0 rings (SSSR count). The number of allylic oxidation sites excluding steroid dienone is 8. The molecule has 0 aliphatic carbocycles. The Bertz CT molecular complexity index is 1080. The highest BCUT2D eigenvalue weighted by Crippen LogP contribution is 2.18. The van der Waals surface area contributed by atoms with Crippen molar-refractivity contribution in [2.45, 2.75) is 296 Å². The van der Waals surface area contributed by atoms with E-state index in [-0.39, 0.29) is 24.9 Å². The molecule has 0 aliphatic heterocycles. The lowest BCUT2D eigenvalue weighted by Crippen LogP contribution is -2.46. The molecule has 0 fully saturated rings. The van der Waals surface area contributed by atoms with Crippen LogP contribution in [-0.4, -0.2) is 46.9 Å². The van der Waals surface area contributed by atoms with Crippen molar-refractivity contribution < 1.29 is 24.5 Å². The minimum Gasteiger partial charge on any atom is -0.462 e. The van der Waals surface area contributed by atoms with Gasteiger partial charge in [0.05, 0.1) is 25.2 Å². The molecule has 1 amide bonds. The predicted molar refractivity (Wildman–Crippen MR) is 273 cm³/mol. The number of hydrogen-bond donors (Lipinski definition) is 3. The van der Waals surface area contributed by atoms with Gasteiger partial charge in [-0.15, -0.1) is 0 Å². The number of carbonyl (C=O) groups excluding carboxylic acids is 2. The standard InChI is InChI=1S/C57H105NO5/c1-4-7-10-13-16-19-22-25-28-29-32-35-38-41-44-47-50-57(62)63-53(48-45-42-39-36-33-30-26-23-20-17-14-11-8-5-2)51-56(61)58-54(52-59)55(60)49-46-43-40-37-34-31-27-24-21-18-15-12-9-6-3/h7,10,16,19,25,28,32,35,53-55,59-60H,4-6,8-9,11-15,17-18,20-24,26-27,29-31,33-34,36-52H2,1-3H3,(H,58,61)/b10-7+,19-16+,28-25+,35-32+. The normalized spacial score (nSPS) is 13.5. The molecule has 3 atom stereocenters. The molecule has 0 heterocycles. The van der Waals surface area contributed by atoms with Crippen molar-refractivity contribution in [2.75, 3.05) is 6.61 Å². The third kappa shape index (κ3) is 46.2. The van der Waals surface area contributed by atoms with Gasteiger partial charge in [0.15, 0.2) is 0 Å². The number of amides is 1. The fraction of sp³-hybridized carbons (Fsp3) is 0.825. The lowest BCUT2D eigenvalue weighted by Gasteiger charge is -2.24. The second kappa shape index (κ2) is 50.8. The number of ether oxygens (including phenoxy) is 1. The second-order valence-corrected chi connectivity index (χ2v) is 18.6. The quantitative estimate of drug-likeness (QED) is 0.0321. The third-order valence-electron chi connectivity index (χ3n) is 12.4. The van der Waals surface area contributed by atoms with Crippen LogP contribution in [0.4, 0.5) is 0 Å². The first-order valence-electron chi connectivity index (χ1n) is 27.4. The molecule has 3 unspecified atom stereocenters. The molecule has 0 saturated carbocycles. The van der Waals surface area contributed by atoms with E-state index in [0.717, 1.165) is 83.5 Å². The Labute approximate surface area is 391 Å². The summed E-state index contributed by atoms with van der Waals surface area (Å²) in [6.45, 7) is 6.39. The molecule has 6 nitrogen and oxygen atoms in total. The first kappa shape index (κ1) is 60.8. The van der Waals surface area contributed by atoms with Crippen LogP contribution in [0.3, 0.4) is 0 Å². The molecular weight excluding hydrogens is 779 g/mol. The number of aliphatic hydroxyl groups excluding tert-OH is 2. The lowest BCUT2D eigenvalue weighted by molar-refractivity contribution is -0.151. The van der Waals surface area contributed by atoms with E-state index in [9.17, 15) is 19.8 Å². The Morgan fingerprint density at radius 2 is 0.857 bits per heavy atom. The molecule has 3 N–H and O–H groups in total.